The van der Waals surface area contributed by atoms with Gasteiger partial charge in [-0.2, -0.15) is 4.98 Å². The first-order chi connectivity index (χ1) is 18.9. The Morgan fingerprint density at radius 1 is 1.25 bits per heavy atom. The third-order valence-corrected chi connectivity index (χ3v) is 7.02. The summed E-state index contributed by atoms with van der Waals surface area (Å²) < 4.78 is 6.93. The molecule has 0 radical (unpaired) electrons. The van der Waals surface area contributed by atoms with Gasteiger partial charge in [-0.15, -0.1) is 0 Å². The van der Waals surface area contributed by atoms with E-state index in [0.29, 0.717) is 11.4 Å². The maximum Gasteiger partial charge on any atom is 0.411 e. The number of nitrogen functional groups attached to an aromatic ring is 1. The number of carboxylic acid groups (broad SMARTS) is 1. The number of aliphatic hydroxyl groups is 1. The lowest BCUT2D eigenvalue weighted by Crippen LogP contribution is -2.36. The summed E-state index contributed by atoms with van der Waals surface area (Å²) in [6.07, 6.45) is 3.08. The van der Waals surface area contributed by atoms with Gasteiger partial charge in [0.2, 0.25) is 11.4 Å². The summed E-state index contributed by atoms with van der Waals surface area (Å²) in [6.45, 7) is 7.08. The summed E-state index contributed by atoms with van der Waals surface area (Å²) in [4.78, 5) is 47.7. The third-order valence-electron chi connectivity index (χ3n) is 7.02. The molecule has 214 valence electrons. The fraction of sp³-hybridized carbons (Fsp3) is 0.444. The average molecular weight is 554 g/mol. The normalized spacial score (nSPS) is 14.3. The number of methoxy groups -OCH3 is 1. The molecule has 6 N–H and O–H groups in total. The minimum atomic E-state index is -1.64. The highest BCUT2D eigenvalue weighted by molar-refractivity contribution is 6.07. The summed E-state index contributed by atoms with van der Waals surface area (Å²) in [5.74, 6) is -0.0694. The number of amides is 2. The molecule has 2 aromatic heterocycles. The number of anilines is 4. The number of nitrogens with zero attached hydrogens (tertiary/aromatic N) is 4. The largest absolute Gasteiger partial charge is 0.494 e. The van der Waals surface area contributed by atoms with Gasteiger partial charge in [0.1, 0.15) is 17.1 Å². The Labute approximate surface area is 231 Å². The molecule has 0 aliphatic carbocycles. The Hall–Kier alpha value is -4.39. The number of nitrogens with two attached hydrogens (primary N) is 1. The molecule has 2 amide bonds. The third kappa shape index (κ3) is 6.09. The molecule has 13 nitrogen and oxygen atoms in total. The Kier molecular flexibility index (Phi) is 8.14. The molecule has 1 fully saturated rings. The van der Waals surface area contributed by atoms with Crippen molar-refractivity contribution >= 4 is 46.2 Å². The van der Waals surface area contributed by atoms with Gasteiger partial charge in [-0.05, 0) is 44.7 Å². The van der Waals surface area contributed by atoms with Crippen molar-refractivity contribution in [2.24, 2.45) is 5.92 Å². The predicted octanol–water partition coefficient (Wildman–Crippen LogP) is 2.93. The lowest BCUT2D eigenvalue weighted by molar-refractivity contribution is 0.0628. The number of rotatable bonds is 8. The van der Waals surface area contributed by atoms with Crippen molar-refractivity contribution in [1.29, 1.82) is 0 Å². The lowest BCUT2D eigenvalue weighted by atomic mass is 9.94. The molecule has 3 aromatic rings. The maximum atomic E-state index is 13.2. The van der Waals surface area contributed by atoms with Gasteiger partial charge >= 0.3 is 6.09 Å². The van der Waals surface area contributed by atoms with E-state index in [2.05, 4.69) is 27.1 Å². The second-order valence-electron chi connectivity index (χ2n) is 10.5. The molecule has 0 saturated carbocycles. The van der Waals surface area contributed by atoms with E-state index in [1.807, 2.05) is 18.2 Å². The van der Waals surface area contributed by atoms with Crippen molar-refractivity contribution in [3.8, 4) is 5.75 Å². The molecule has 13 heteroatoms. The van der Waals surface area contributed by atoms with E-state index in [-0.39, 0.29) is 29.3 Å². The van der Waals surface area contributed by atoms with Gasteiger partial charge in [0.15, 0.2) is 5.65 Å². The summed E-state index contributed by atoms with van der Waals surface area (Å²) in [6, 6.07) is 5.81. The zero-order valence-electron chi connectivity index (χ0n) is 23.0. The Balaban J connectivity index is 1.72. The van der Waals surface area contributed by atoms with Crippen molar-refractivity contribution in [2.45, 2.75) is 52.2 Å². The zero-order chi connectivity index (χ0) is 29.2. The molecule has 40 heavy (non-hydrogen) atoms. The monoisotopic (exact) mass is 553 g/mol. The van der Waals surface area contributed by atoms with Crippen molar-refractivity contribution < 1.29 is 24.5 Å². The number of imide groups is 1. The van der Waals surface area contributed by atoms with E-state index < -0.39 is 28.6 Å². The summed E-state index contributed by atoms with van der Waals surface area (Å²) in [7, 11) is 1.57. The summed E-state index contributed by atoms with van der Waals surface area (Å²) in [5, 5.41) is 24.1. The number of pyridine rings is 1. The highest BCUT2D eigenvalue weighted by Crippen LogP contribution is 2.34. The first kappa shape index (κ1) is 28.6. The van der Waals surface area contributed by atoms with Crippen molar-refractivity contribution in [1.82, 2.24) is 19.9 Å². The minimum Gasteiger partial charge on any atom is -0.494 e. The van der Waals surface area contributed by atoms with Crippen LogP contribution in [0.4, 0.5) is 27.9 Å². The van der Waals surface area contributed by atoms with E-state index >= 15 is 0 Å². The second-order valence-corrected chi connectivity index (χ2v) is 10.5. The number of nitrogens with one attached hydrogen (secondary N) is 2. The number of benzene rings is 1. The van der Waals surface area contributed by atoms with Crippen LogP contribution in [0.25, 0.3) is 11.0 Å². The second kappa shape index (κ2) is 11.4. The number of piperidine rings is 1. The van der Waals surface area contributed by atoms with E-state index in [0.717, 1.165) is 37.5 Å². The molecular weight excluding hydrogens is 518 g/mol. The van der Waals surface area contributed by atoms with Crippen LogP contribution in [-0.2, 0) is 6.54 Å². The van der Waals surface area contributed by atoms with Gasteiger partial charge in [-0.25, -0.2) is 9.78 Å². The van der Waals surface area contributed by atoms with Crippen molar-refractivity contribution in [2.75, 3.05) is 36.1 Å². The van der Waals surface area contributed by atoms with Crippen molar-refractivity contribution in [3.05, 3.63) is 40.2 Å². The Bertz CT molecular complexity index is 1490. The summed E-state index contributed by atoms with van der Waals surface area (Å²) in [5.41, 5.74) is 5.15. The predicted molar refractivity (Wildman–Crippen MR) is 152 cm³/mol. The standard InChI is InChI=1S/C27H35N7O6/c1-5-15-8-10-33(11-9-15)16-6-7-18(19(12-16)40-4)30-25-29-13-17-21(35)20(24(36)32-26(37)38)22(28)34(23(17)31-25)14-27(2,3)39/h6-7,12-13,15,39H,5,8-11,14,28H2,1-4H3,(H,32,36)(H,37,38)(H,29,30,31). The fourth-order valence-electron chi connectivity index (χ4n) is 4.92. The number of hydrogen-bond donors (Lipinski definition) is 5. The topological polar surface area (TPSA) is 185 Å². The summed E-state index contributed by atoms with van der Waals surface area (Å²) >= 11 is 0. The molecule has 4 rings (SSSR count). The Morgan fingerprint density at radius 3 is 2.55 bits per heavy atom. The van der Waals surface area contributed by atoms with E-state index in [4.69, 9.17) is 15.6 Å². The first-order valence-corrected chi connectivity index (χ1v) is 13.1. The first-order valence-electron chi connectivity index (χ1n) is 13.1. The molecule has 3 heterocycles. The molecule has 1 aliphatic heterocycles. The van der Waals surface area contributed by atoms with E-state index in [1.54, 1.807) is 12.4 Å². The number of aromatic nitrogens is 3. The van der Waals surface area contributed by atoms with Crippen molar-refractivity contribution in [3.63, 3.8) is 0 Å². The average Bonchev–Trinajstić information content (AvgIpc) is 2.90. The maximum absolute atomic E-state index is 13.2. The number of fused-ring (bicyclic) bond motifs is 1. The molecule has 1 saturated heterocycles. The smallest absolute Gasteiger partial charge is 0.411 e. The number of hydrogen-bond acceptors (Lipinski definition) is 10. The van der Waals surface area contributed by atoms with Crippen LogP contribution in [0, 0.1) is 5.92 Å². The van der Waals surface area contributed by atoms with E-state index in [9.17, 15) is 19.5 Å². The van der Waals surface area contributed by atoms with Gasteiger partial charge in [0.25, 0.3) is 5.91 Å². The van der Waals surface area contributed by atoms with Crippen LogP contribution in [0.15, 0.2) is 29.2 Å². The van der Waals surface area contributed by atoms with Gasteiger partial charge in [-0.1, -0.05) is 13.3 Å². The van der Waals surface area contributed by atoms with Crippen LogP contribution < -0.4 is 31.4 Å². The molecule has 0 spiro atoms. The molecular formula is C27H35N7O6. The zero-order valence-corrected chi connectivity index (χ0v) is 23.0. The van der Waals surface area contributed by atoms with Crippen LogP contribution in [0.2, 0.25) is 0 Å². The van der Waals surface area contributed by atoms with Crippen LogP contribution in [0.1, 0.15) is 50.4 Å². The Morgan fingerprint density at radius 2 is 1.95 bits per heavy atom. The highest BCUT2D eigenvalue weighted by Gasteiger charge is 2.26. The SMILES string of the molecule is CCC1CCN(c2ccc(Nc3ncc4c(=O)c(C(=O)NC(=O)O)c(N)n(CC(C)(C)O)c4n3)c(OC)c2)CC1. The number of ether oxygens (including phenoxy) is 1. The van der Waals surface area contributed by atoms with Gasteiger partial charge in [-0.3, -0.25) is 14.9 Å². The van der Waals surface area contributed by atoms with Crippen LogP contribution >= 0.6 is 0 Å². The highest BCUT2D eigenvalue weighted by atomic mass is 16.5. The molecule has 1 aromatic carbocycles. The van der Waals surface area contributed by atoms with Gasteiger partial charge in [0.05, 0.1) is 30.3 Å². The quantitative estimate of drug-likeness (QED) is 0.276. The van der Waals surface area contributed by atoms with Crippen LogP contribution in [-0.4, -0.2) is 62.5 Å². The molecule has 0 bridgehead atoms. The van der Waals surface area contributed by atoms with Crippen LogP contribution in [0.5, 0.6) is 5.75 Å². The minimum absolute atomic E-state index is 0.0587. The van der Waals surface area contributed by atoms with Gasteiger partial charge < -0.3 is 35.5 Å². The molecule has 1 aliphatic rings. The lowest BCUT2D eigenvalue weighted by Gasteiger charge is -2.33. The molecule has 0 unspecified atom stereocenters. The molecule has 0 atom stereocenters. The number of carbonyl (C=O) groups excluding carboxylic acids is 1. The fourth-order valence-corrected chi connectivity index (χ4v) is 4.92. The van der Waals surface area contributed by atoms with Crippen LogP contribution in [0.3, 0.4) is 0 Å². The number of carbonyl (C=O) groups is 2. The van der Waals surface area contributed by atoms with E-state index in [1.165, 1.54) is 31.0 Å². The van der Waals surface area contributed by atoms with Gasteiger partial charge in [0, 0.05) is 31.0 Å².